The summed E-state index contributed by atoms with van der Waals surface area (Å²) in [4.78, 5) is 17.9. The van der Waals surface area contributed by atoms with Crippen LogP contribution >= 0.6 is 0 Å². The highest BCUT2D eigenvalue weighted by Gasteiger charge is 2.21. The second-order valence-corrected chi connectivity index (χ2v) is 7.99. The van der Waals surface area contributed by atoms with Gasteiger partial charge in [0.05, 0.1) is 28.9 Å². The molecule has 0 saturated carbocycles. The first-order chi connectivity index (χ1) is 16.0. The standard InChI is InChI=1S/C25H23N5O3/c1-15-11-20(17(3)32-15)22-12-21(23-16(2)29-33-25(23)28-22)24(31)26-13-18-7-4-5-8-19(18)14-30-10-6-9-27-30/h4-12H,13-14H2,1-3H3,(H,26,31). The number of fused-ring (bicyclic) bond motifs is 1. The smallest absolute Gasteiger partial charge is 0.259 e. The van der Waals surface area contributed by atoms with Gasteiger partial charge in [0.1, 0.15) is 11.5 Å². The minimum atomic E-state index is -0.221. The number of nitrogens with zero attached hydrogens (tertiary/aromatic N) is 4. The average Bonchev–Trinajstić information content (AvgIpc) is 3.53. The van der Waals surface area contributed by atoms with Gasteiger partial charge in [-0.05, 0) is 50.1 Å². The zero-order valence-corrected chi connectivity index (χ0v) is 18.6. The van der Waals surface area contributed by atoms with Crippen molar-refractivity contribution >= 4 is 17.0 Å². The van der Waals surface area contributed by atoms with Crippen molar-refractivity contribution < 1.29 is 13.7 Å². The molecule has 1 amide bonds. The maximum Gasteiger partial charge on any atom is 0.259 e. The van der Waals surface area contributed by atoms with Gasteiger partial charge < -0.3 is 14.3 Å². The Labute approximate surface area is 190 Å². The highest BCUT2D eigenvalue weighted by atomic mass is 16.5. The van der Waals surface area contributed by atoms with Gasteiger partial charge in [-0.2, -0.15) is 5.10 Å². The lowest BCUT2D eigenvalue weighted by atomic mass is 10.0. The first kappa shape index (κ1) is 20.7. The number of amides is 1. The zero-order valence-electron chi connectivity index (χ0n) is 18.6. The van der Waals surface area contributed by atoms with Crippen LogP contribution in [-0.2, 0) is 13.1 Å². The summed E-state index contributed by atoms with van der Waals surface area (Å²) in [6.45, 7) is 6.56. The molecule has 0 aliphatic heterocycles. The molecule has 1 N–H and O–H groups in total. The Hall–Kier alpha value is -4.20. The summed E-state index contributed by atoms with van der Waals surface area (Å²) in [5.74, 6) is 1.29. The van der Waals surface area contributed by atoms with E-state index in [1.165, 1.54) is 0 Å². The van der Waals surface area contributed by atoms with E-state index in [1.807, 2.05) is 61.1 Å². The maximum absolute atomic E-state index is 13.3. The highest BCUT2D eigenvalue weighted by Crippen LogP contribution is 2.30. The van der Waals surface area contributed by atoms with E-state index in [0.717, 1.165) is 28.2 Å². The topological polar surface area (TPSA) is 99.0 Å². The molecule has 0 atom stereocenters. The third kappa shape index (κ3) is 4.03. The molecule has 0 spiro atoms. The zero-order chi connectivity index (χ0) is 22.9. The Kier molecular flexibility index (Phi) is 5.26. The largest absolute Gasteiger partial charge is 0.466 e. The number of aromatic nitrogens is 4. The Balaban J connectivity index is 1.46. The summed E-state index contributed by atoms with van der Waals surface area (Å²) < 4.78 is 12.9. The normalized spacial score (nSPS) is 11.2. The van der Waals surface area contributed by atoms with Crippen LogP contribution in [0.1, 0.15) is 38.7 Å². The summed E-state index contributed by atoms with van der Waals surface area (Å²) in [6.07, 6.45) is 3.67. The molecular weight excluding hydrogens is 418 g/mol. The third-order valence-electron chi connectivity index (χ3n) is 5.63. The van der Waals surface area contributed by atoms with Crippen LogP contribution in [-0.4, -0.2) is 25.8 Å². The number of carbonyl (C=O) groups excluding carboxylic acids is 1. The molecule has 8 heteroatoms. The summed E-state index contributed by atoms with van der Waals surface area (Å²) in [5.41, 5.74) is 4.96. The molecule has 166 valence electrons. The molecule has 4 aromatic heterocycles. The summed E-state index contributed by atoms with van der Waals surface area (Å²) in [5, 5.41) is 12.0. The van der Waals surface area contributed by atoms with Crippen LogP contribution < -0.4 is 5.32 Å². The van der Waals surface area contributed by atoms with Crippen LogP contribution in [0.4, 0.5) is 0 Å². The van der Waals surface area contributed by atoms with Crippen molar-refractivity contribution in [3.8, 4) is 11.3 Å². The third-order valence-corrected chi connectivity index (χ3v) is 5.63. The number of hydrogen-bond acceptors (Lipinski definition) is 6. The van der Waals surface area contributed by atoms with Gasteiger partial charge >= 0.3 is 0 Å². The number of nitrogens with one attached hydrogen (secondary N) is 1. The molecule has 5 rings (SSSR count). The van der Waals surface area contributed by atoms with E-state index in [2.05, 4.69) is 20.6 Å². The molecule has 0 aliphatic rings. The van der Waals surface area contributed by atoms with E-state index in [9.17, 15) is 4.79 Å². The molecule has 0 unspecified atom stereocenters. The van der Waals surface area contributed by atoms with Crippen LogP contribution in [0.3, 0.4) is 0 Å². The fraction of sp³-hybridized carbons (Fsp3) is 0.200. The van der Waals surface area contributed by atoms with Crippen molar-refractivity contribution in [2.45, 2.75) is 33.9 Å². The van der Waals surface area contributed by atoms with Gasteiger partial charge in [-0.25, -0.2) is 4.98 Å². The number of hydrogen-bond donors (Lipinski definition) is 1. The lowest BCUT2D eigenvalue weighted by Gasteiger charge is -2.12. The molecular formula is C25H23N5O3. The van der Waals surface area contributed by atoms with Gasteiger partial charge in [0, 0.05) is 24.5 Å². The van der Waals surface area contributed by atoms with Crippen molar-refractivity contribution in [2.75, 3.05) is 0 Å². The summed E-state index contributed by atoms with van der Waals surface area (Å²) in [7, 11) is 0. The van der Waals surface area contributed by atoms with Crippen molar-refractivity contribution in [1.29, 1.82) is 0 Å². The minimum absolute atomic E-state index is 0.221. The van der Waals surface area contributed by atoms with Gasteiger partial charge in [0.25, 0.3) is 11.6 Å². The van der Waals surface area contributed by atoms with E-state index in [4.69, 9.17) is 8.94 Å². The van der Waals surface area contributed by atoms with Gasteiger partial charge in [-0.3, -0.25) is 9.48 Å². The highest BCUT2D eigenvalue weighted by molar-refractivity contribution is 6.07. The van der Waals surface area contributed by atoms with Crippen LogP contribution in [0.25, 0.3) is 22.4 Å². The maximum atomic E-state index is 13.3. The molecule has 8 nitrogen and oxygen atoms in total. The number of furan rings is 1. The summed E-state index contributed by atoms with van der Waals surface area (Å²) >= 11 is 0. The van der Waals surface area contributed by atoms with Crippen molar-refractivity contribution in [1.82, 2.24) is 25.2 Å². The molecule has 1 aromatic carbocycles. The van der Waals surface area contributed by atoms with Gasteiger partial charge in [0.15, 0.2) is 0 Å². The quantitative estimate of drug-likeness (QED) is 0.414. The van der Waals surface area contributed by atoms with Crippen LogP contribution in [0.5, 0.6) is 0 Å². The first-order valence-corrected chi connectivity index (χ1v) is 10.7. The van der Waals surface area contributed by atoms with Crippen LogP contribution in [0.2, 0.25) is 0 Å². The lowest BCUT2D eigenvalue weighted by molar-refractivity contribution is 0.0952. The lowest BCUT2D eigenvalue weighted by Crippen LogP contribution is -2.24. The molecule has 0 saturated heterocycles. The number of aryl methyl sites for hydroxylation is 3. The van der Waals surface area contributed by atoms with Crippen molar-refractivity contribution in [3.63, 3.8) is 0 Å². The predicted octanol–water partition coefficient (Wildman–Crippen LogP) is 4.58. The van der Waals surface area contributed by atoms with Gasteiger partial charge in [-0.15, -0.1) is 0 Å². The Morgan fingerprint density at radius 1 is 1.09 bits per heavy atom. The summed E-state index contributed by atoms with van der Waals surface area (Å²) in [6, 6.07) is 13.6. The second kappa shape index (κ2) is 8.38. The Morgan fingerprint density at radius 3 is 2.64 bits per heavy atom. The van der Waals surface area contributed by atoms with E-state index in [1.54, 1.807) is 19.2 Å². The number of benzene rings is 1. The monoisotopic (exact) mass is 441 g/mol. The van der Waals surface area contributed by atoms with Gasteiger partial charge in [0.2, 0.25) is 0 Å². The molecule has 33 heavy (non-hydrogen) atoms. The fourth-order valence-corrected chi connectivity index (χ4v) is 4.02. The van der Waals surface area contributed by atoms with E-state index in [0.29, 0.717) is 41.1 Å². The average molecular weight is 441 g/mol. The fourth-order valence-electron chi connectivity index (χ4n) is 4.02. The van der Waals surface area contributed by atoms with Crippen molar-refractivity contribution in [3.05, 3.63) is 88.8 Å². The molecule has 4 heterocycles. The minimum Gasteiger partial charge on any atom is -0.466 e. The first-order valence-electron chi connectivity index (χ1n) is 10.7. The second-order valence-electron chi connectivity index (χ2n) is 7.99. The van der Waals surface area contributed by atoms with E-state index < -0.39 is 0 Å². The molecule has 0 fully saturated rings. The molecule has 0 radical (unpaired) electrons. The van der Waals surface area contributed by atoms with Crippen molar-refractivity contribution in [2.24, 2.45) is 0 Å². The SMILES string of the molecule is Cc1cc(-c2cc(C(=O)NCc3ccccc3Cn3cccn3)c3c(C)noc3n2)c(C)o1. The Morgan fingerprint density at radius 2 is 1.91 bits per heavy atom. The number of rotatable bonds is 6. The Bertz CT molecular complexity index is 1450. The number of carbonyl (C=O) groups is 1. The van der Waals surface area contributed by atoms with Crippen LogP contribution in [0, 0.1) is 20.8 Å². The van der Waals surface area contributed by atoms with Crippen LogP contribution in [0.15, 0.2) is 63.8 Å². The predicted molar refractivity (Wildman–Crippen MR) is 123 cm³/mol. The molecule has 5 aromatic rings. The molecule has 0 bridgehead atoms. The molecule has 0 aliphatic carbocycles. The van der Waals surface area contributed by atoms with E-state index >= 15 is 0 Å². The van der Waals surface area contributed by atoms with Gasteiger partial charge in [-0.1, -0.05) is 29.4 Å². The number of pyridine rings is 1. The van der Waals surface area contributed by atoms with E-state index in [-0.39, 0.29) is 5.91 Å².